The van der Waals surface area contributed by atoms with E-state index < -0.39 is 0 Å². The number of rotatable bonds is 7. The summed E-state index contributed by atoms with van der Waals surface area (Å²) in [6.45, 7) is 5.31. The summed E-state index contributed by atoms with van der Waals surface area (Å²) < 4.78 is 0. The number of nitrogens with zero attached hydrogens (tertiary/aromatic N) is 3. The second-order valence-corrected chi connectivity index (χ2v) is 4.80. The van der Waals surface area contributed by atoms with Gasteiger partial charge in [0.2, 0.25) is 0 Å². The monoisotopic (exact) mass is 251 g/mol. The molecule has 1 unspecified atom stereocenters. The van der Waals surface area contributed by atoms with Crippen LogP contribution in [0.2, 0.25) is 0 Å². The number of hydrogen-bond acceptors (Lipinski definition) is 5. The lowest BCUT2D eigenvalue weighted by Crippen LogP contribution is -2.23. The van der Waals surface area contributed by atoms with E-state index in [-0.39, 0.29) is 0 Å². The van der Waals surface area contributed by atoms with Gasteiger partial charge in [-0.1, -0.05) is 6.92 Å². The summed E-state index contributed by atoms with van der Waals surface area (Å²) in [6.07, 6.45) is 1.93. The number of aromatic nitrogens is 2. The highest BCUT2D eigenvalue weighted by Gasteiger charge is 2.06. The third-order valence-corrected chi connectivity index (χ3v) is 2.75. The van der Waals surface area contributed by atoms with Gasteiger partial charge in [0.25, 0.3) is 0 Å². The van der Waals surface area contributed by atoms with E-state index >= 15 is 0 Å². The zero-order chi connectivity index (χ0) is 13.5. The highest BCUT2D eigenvalue weighted by atomic mass is 15.1. The smallest absolute Gasteiger partial charge is 0.132 e. The molecule has 0 saturated heterocycles. The molecule has 1 heterocycles. The summed E-state index contributed by atoms with van der Waals surface area (Å²) >= 11 is 0. The lowest BCUT2D eigenvalue weighted by Gasteiger charge is -2.18. The Hall–Kier alpha value is -1.36. The largest absolute Gasteiger partial charge is 0.373 e. The van der Waals surface area contributed by atoms with Crippen molar-refractivity contribution in [1.82, 2.24) is 14.9 Å². The molecule has 1 aromatic rings. The van der Waals surface area contributed by atoms with Gasteiger partial charge in [-0.25, -0.2) is 9.97 Å². The summed E-state index contributed by atoms with van der Waals surface area (Å²) in [4.78, 5) is 11.1. The molecule has 0 aliphatic carbocycles. The zero-order valence-corrected chi connectivity index (χ0v) is 12.1. The van der Waals surface area contributed by atoms with Crippen molar-refractivity contribution in [3.63, 3.8) is 0 Å². The maximum absolute atomic E-state index is 4.49. The van der Waals surface area contributed by atoms with Crippen molar-refractivity contribution in [3.8, 4) is 0 Å². The first kappa shape index (κ1) is 14.7. The quantitative estimate of drug-likeness (QED) is 0.774. The van der Waals surface area contributed by atoms with Gasteiger partial charge in [0, 0.05) is 25.6 Å². The van der Waals surface area contributed by atoms with Crippen LogP contribution in [0, 0.1) is 0 Å². The number of aryl methyl sites for hydroxylation is 1. The van der Waals surface area contributed by atoms with E-state index in [0.717, 1.165) is 36.8 Å². The molecule has 0 aliphatic rings. The topological polar surface area (TPSA) is 53.1 Å². The zero-order valence-electron chi connectivity index (χ0n) is 12.1. The average Bonchev–Trinajstić information content (AvgIpc) is 2.35. The van der Waals surface area contributed by atoms with Gasteiger partial charge in [-0.3, -0.25) is 0 Å². The molecule has 2 N–H and O–H groups in total. The fourth-order valence-electron chi connectivity index (χ4n) is 1.63. The minimum absolute atomic E-state index is 0.400. The highest BCUT2D eigenvalue weighted by Crippen LogP contribution is 2.13. The molecule has 1 rings (SSSR count). The molecule has 102 valence electrons. The Morgan fingerprint density at radius 3 is 2.50 bits per heavy atom. The summed E-state index contributed by atoms with van der Waals surface area (Å²) in [5.74, 6) is 2.63. The number of hydrogen-bond donors (Lipinski definition) is 2. The number of nitrogens with one attached hydrogen (secondary N) is 2. The third-order valence-electron chi connectivity index (χ3n) is 2.75. The van der Waals surface area contributed by atoms with Gasteiger partial charge in [-0.2, -0.15) is 0 Å². The molecule has 0 aliphatic heterocycles. The standard InChI is InChI=1S/C13H25N5/c1-6-11-16-12(14-3)9-13(17-11)15-10(2)7-8-18(4)5/h9-10H,6-8H2,1-5H3,(H2,14,15,16,17). The van der Waals surface area contributed by atoms with Gasteiger partial charge in [-0.05, 0) is 34.0 Å². The molecule has 0 radical (unpaired) electrons. The van der Waals surface area contributed by atoms with Crippen molar-refractivity contribution in [1.29, 1.82) is 0 Å². The molecule has 0 bridgehead atoms. The Bertz CT molecular complexity index is 342. The Labute approximate surface area is 110 Å². The molecule has 0 amide bonds. The molecule has 1 aromatic heterocycles. The normalized spacial score (nSPS) is 12.6. The van der Waals surface area contributed by atoms with E-state index in [2.05, 4.69) is 53.4 Å². The first-order chi connectivity index (χ1) is 8.55. The molecular formula is C13H25N5. The van der Waals surface area contributed by atoms with Gasteiger partial charge in [-0.15, -0.1) is 0 Å². The fourth-order valence-corrected chi connectivity index (χ4v) is 1.63. The van der Waals surface area contributed by atoms with Gasteiger partial charge in [0.05, 0.1) is 0 Å². The van der Waals surface area contributed by atoms with E-state index in [1.165, 1.54) is 0 Å². The van der Waals surface area contributed by atoms with Crippen LogP contribution in [0.5, 0.6) is 0 Å². The molecule has 18 heavy (non-hydrogen) atoms. The first-order valence-corrected chi connectivity index (χ1v) is 6.52. The van der Waals surface area contributed by atoms with Crippen molar-refractivity contribution >= 4 is 11.6 Å². The van der Waals surface area contributed by atoms with Crippen LogP contribution in [-0.4, -0.2) is 48.6 Å². The molecule has 0 aromatic carbocycles. The summed E-state index contributed by atoms with van der Waals surface area (Å²) in [5, 5.41) is 6.50. The van der Waals surface area contributed by atoms with Crippen LogP contribution in [0.4, 0.5) is 11.6 Å². The minimum atomic E-state index is 0.400. The van der Waals surface area contributed by atoms with Crippen molar-refractivity contribution in [2.45, 2.75) is 32.7 Å². The Morgan fingerprint density at radius 1 is 1.28 bits per heavy atom. The molecule has 5 nitrogen and oxygen atoms in total. The Balaban J connectivity index is 2.65. The maximum atomic E-state index is 4.49. The second-order valence-electron chi connectivity index (χ2n) is 4.80. The maximum Gasteiger partial charge on any atom is 0.132 e. The molecular weight excluding hydrogens is 226 g/mol. The van der Waals surface area contributed by atoms with Crippen molar-refractivity contribution in [2.75, 3.05) is 38.3 Å². The van der Waals surface area contributed by atoms with Gasteiger partial charge in [0.15, 0.2) is 0 Å². The predicted octanol–water partition coefficient (Wildman–Crippen LogP) is 1.83. The minimum Gasteiger partial charge on any atom is -0.373 e. The summed E-state index contributed by atoms with van der Waals surface area (Å²) in [7, 11) is 6.05. The van der Waals surface area contributed by atoms with Gasteiger partial charge < -0.3 is 15.5 Å². The van der Waals surface area contributed by atoms with E-state index in [1.807, 2.05) is 13.1 Å². The second kappa shape index (κ2) is 7.16. The van der Waals surface area contributed by atoms with Crippen molar-refractivity contribution < 1.29 is 0 Å². The lowest BCUT2D eigenvalue weighted by atomic mass is 10.2. The molecule has 0 fully saturated rings. The third kappa shape index (κ3) is 4.87. The SMILES string of the molecule is CCc1nc(NC)cc(NC(C)CCN(C)C)n1. The highest BCUT2D eigenvalue weighted by molar-refractivity contribution is 5.47. The van der Waals surface area contributed by atoms with Crippen LogP contribution in [0.15, 0.2) is 6.07 Å². The van der Waals surface area contributed by atoms with Crippen molar-refractivity contribution in [2.24, 2.45) is 0 Å². The van der Waals surface area contributed by atoms with Crippen LogP contribution < -0.4 is 10.6 Å². The Morgan fingerprint density at radius 2 is 1.94 bits per heavy atom. The van der Waals surface area contributed by atoms with Crippen LogP contribution in [0.25, 0.3) is 0 Å². The van der Waals surface area contributed by atoms with E-state index in [1.54, 1.807) is 0 Å². The summed E-state index contributed by atoms with van der Waals surface area (Å²) in [6, 6.07) is 2.35. The van der Waals surface area contributed by atoms with Crippen LogP contribution in [-0.2, 0) is 6.42 Å². The van der Waals surface area contributed by atoms with Gasteiger partial charge in [0.1, 0.15) is 17.5 Å². The summed E-state index contributed by atoms with van der Waals surface area (Å²) in [5.41, 5.74) is 0. The molecule has 1 atom stereocenters. The average molecular weight is 251 g/mol. The molecule has 5 heteroatoms. The van der Waals surface area contributed by atoms with E-state index in [0.29, 0.717) is 6.04 Å². The van der Waals surface area contributed by atoms with Gasteiger partial charge >= 0.3 is 0 Å². The van der Waals surface area contributed by atoms with Crippen LogP contribution in [0.3, 0.4) is 0 Å². The molecule has 0 spiro atoms. The lowest BCUT2D eigenvalue weighted by molar-refractivity contribution is 0.390. The number of anilines is 2. The van der Waals surface area contributed by atoms with Crippen LogP contribution in [0.1, 0.15) is 26.1 Å². The van der Waals surface area contributed by atoms with Crippen molar-refractivity contribution in [3.05, 3.63) is 11.9 Å². The first-order valence-electron chi connectivity index (χ1n) is 6.52. The fraction of sp³-hybridized carbons (Fsp3) is 0.692. The molecule has 0 saturated carbocycles. The van der Waals surface area contributed by atoms with E-state index in [4.69, 9.17) is 0 Å². The van der Waals surface area contributed by atoms with E-state index in [9.17, 15) is 0 Å². The van der Waals surface area contributed by atoms with Crippen LogP contribution >= 0.6 is 0 Å². The predicted molar refractivity (Wildman–Crippen MR) is 77.2 cm³/mol. The Kier molecular flexibility index (Phi) is 5.85.